The van der Waals surface area contributed by atoms with E-state index in [4.69, 9.17) is 4.74 Å². The third-order valence-electron chi connectivity index (χ3n) is 3.13. The number of rotatable bonds is 4. The molecule has 0 atom stereocenters. The maximum atomic E-state index is 12.1. The van der Waals surface area contributed by atoms with Crippen molar-refractivity contribution in [1.82, 2.24) is 15.0 Å². The average Bonchev–Trinajstić information content (AvgIpc) is 2.63. The van der Waals surface area contributed by atoms with E-state index in [1.165, 1.54) is 13.3 Å². The number of ether oxygens (including phenoxy) is 1. The molecule has 3 rings (SSSR count). The van der Waals surface area contributed by atoms with Crippen LogP contribution in [0.4, 0.5) is 16.3 Å². The number of methoxy groups -OCH3 is 1. The van der Waals surface area contributed by atoms with Crippen LogP contribution in [-0.2, 0) is 0 Å². The molecule has 0 saturated heterocycles. The number of benzene rings is 1. The number of nitrogens with one attached hydrogen (secondary N) is 2. The molecule has 7 heteroatoms. The normalized spacial score (nSPS) is 10.0. The van der Waals surface area contributed by atoms with Gasteiger partial charge in [-0.05, 0) is 24.3 Å². The minimum absolute atomic E-state index is 0.265. The number of urea groups is 1. The number of amides is 2. The molecule has 0 spiro atoms. The Morgan fingerprint density at radius 1 is 1.00 bits per heavy atom. The molecule has 0 aliphatic rings. The molecule has 2 N–H and O–H groups in total. The van der Waals surface area contributed by atoms with Crippen LogP contribution in [0.5, 0.6) is 5.75 Å². The molecule has 0 aliphatic carbocycles. The Labute approximate surface area is 138 Å². The second-order valence-electron chi connectivity index (χ2n) is 4.77. The van der Waals surface area contributed by atoms with E-state index in [-0.39, 0.29) is 5.82 Å². The Balaban J connectivity index is 1.82. The van der Waals surface area contributed by atoms with Gasteiger partial charge >= 0.3 is 6.03 Å². The number of hydrogen-bond acceptors (Lipinski definition) is 5. The predicted molar refractivity (Wildman–Crippen MR) is 90.9 cm³/mol. The number of nitrogens with zero attached hydrogens (tertiary/aromatic N) is 3. The van der Waals surface area contributed by atoms with E-state index < -0.39 is 6.03 Å². The van der Waals surface area contributed by atoms with Crippen LogP contribution in [0, 0.1) is 0 Å². The number of para-hydroxylation sites is 1. The first-order valence-corrected chi connectivity index (χ1v) is 7.22. The molecule has 2 aromatic heterocycles. The van der Waals surface area contributed by atoms with E-state index in [9.17, 15) is 4.79 Å². The van der Waals surface area contributed by atoms with Gasteiger partial charge in [-0.2, -0.15) is 0 Å². The van der Waals surface area contributed by atoms with Crippen molar-refractivity contribution in [2.45, 2.75) is 0 Å². The van der Waals surface area contributed by atoms with Crippen molar-refractivity contribution < 1.29 is 9.53 Å². The number of carbonyl (C=O) groups is 1. The first-order valence-electron chi connectivity index (χ1n) is 7.22. The van der Waals surface area contributed by atoms with E-state index in [0.29, 0.717) is 23.0 Å². The van der Waals surface area contributed by atoms with Crippen LogP contribution in [0.2, 0.25) is 0 Å². The van der Waals surface area contributed by atoms with Gasteiger partial charge in [-0.1, -0.05) is 24.3 Å². The summed E-state index contributed by atoms with van der Waals surface area (Å²) >= 11 is 0. The largest absolute Gasteiger partial charge is 0.491 e. The fourth-order valence-electron chi connectivity index (χ4n) is 2.02. The Morgan fingerprint density at radius 2 is 1.79 bits per heavy atom. The van der Waals surface area contributed by atoms with Crippen molar-refractivity contribution in [2.75, 3.05) is 17.7 Å². The summed E-state index contributed by atoms with van der Waals surface area (Å²) < 4.78 is 5.20. The lowest BCUT2D eigenvalue weighted by Crippen LogP contribution is -2.20. The van der Waals surface area contributed by atoms with Gasteiger partial charge in [-0.3, -0.25) is 10.3 Å². The molecule has 2 heterocycles. The molecule has 0 bridgehead atoms. The zero-order valence-electron chi connectivity index (χ0n) is 12.9. The van der Waals surface area contributed by atoms with Gasteiger partial charge in [0.15, 0.2) is 17.4 Å². The zero-order valence-corrected chi connectivity index (χ0v) is 12.9. The Kier molecular flexibility index (Phi) is 4.62. The van der Waals surface area contributed by atoms with Gasteiger partial charge in [0.1, 0.15) is 5.69 Å². The van der Waals surface area contributed by atoms with Gasteiger partial charge in [0.2, 0.25) is 0 Å². The van der Waals surface area contributed by atoms with E-state index in [1.54, 1.807) is 30.5 Å². The summed E-state index contributed by atoms with van der Waals surface area (Å²) in [7, 11) is 1.49. The Bertz CT molecular complexity index is 825. The summed E-state index contributed by atoms with van der Waals surface area (Å²) in [6, 6.07) is 14.1. The highest BCUT2D eigenvalue weighted by Crippen LogP contribution is 2.23. The quantitative estimate of drug-likeness (QED) is 0.770. The van der Waals surface area contributed by atoms with E-state index >= 15 is 0 Å². The number of aromatic nitrogens is 3. The summed E-state index contributed by atoms with van der Waals surface area (Å²) in [5, 5.41) is 5.39. The van der Waals surface area contributed by atoms with E-state index in [1.807, 2.05) is 24.3 Å². The van der Waals surface area contributed by atoms with Crippen molar-refractivity contribution in [3.05, 3.63) is 60.9 Å². The third-order valence-corrected chi connectivity index (χ3v) is 3.13. The average molecular weight is 321 g/mol. The summed E-state index contributed by atoms with van der Waals surface area (Å²) in [5.41, 5.74) is 1.28. The number of anilines is 2. The molecular formula is C17H15N5O2. The zero-order chi connectivity index (χ0) is 16.8. The van der Waals surface area contributed by atoms with Gasteiger partial charge in [-0.15, -0.1) is 0 Å². The number of carbonyl (C=O) groups excluding carboxylic acids is 1. The first kappa shape index (κ1) is 15.4. The van der Waals surface area contributed by atoms with E-state index in [2.05, 4.69) is 25.6 Å². The van der Waals surface area contributed by atoms with Crippen LogP contribution in [0.1, 0.15) is 0 Å². The molecular weight excluding hydrogens is 306 g/mol. The van der Waals surface area contributed by atoms with Crippen molar-refractivity contribution in [3.8, 4) is 17.3 Å². The van der Waals surface area contributed by atoms with Gasteiger partial charge in [0.25, 0.3) is 0 Å². The van der Waals surface area contributed by atoms with Crippen molar-refractivity contribution in [2.24, 2.45) is 0 Å². The maximum Gasteiger partial charge on any atom is 0.324 e. The second-order valence-corrected chi connectivity index (χ2v) is 4.77. The van der Waals surface area contributed by atoms with Crippen LogP contribution in [0.15, 0.2) is 60.9 Å². The highest BCUT2D eigenvalue weighted by atomic mass is 16.5. The van der Waals surface area contributed by atoms with Crippen molar-refractivity contribution in [1.29, 1.82) is 0 Å². The summed E-state index contributed by atoms with van der Waals surface area (Å²) in [6.45, 7) is 0. The fraction of sp³-hybridized carbons (Fsp3) is 0.0588. The highest BCUT2D eigenvalue weighted by molar-refractivity contribution is 6.00. The predicted octanol–water partition coefficient (Wildman–Crippen LogP) is 3.19. The minimum Gasteiger partial charge on any atom is -0.491 e. The second kappa shape index (κ2) is 7.19. The van der Waals surface area contributed by atoms with Crippen LogP contribution in [0.25, 0.3) is 11.5 Å². The molecule has 0 saturated carbocycles. The molecule has 1 aromatic carbocycles. The molecule has 0 radical (unpaired) electrons. The minimum atomic E-state index is -0.426. The lowest BCUT2D eigenvalue weighted by Gasteiger charge is -2.11. The molecule has 3 aromatic rings. The van der Waals surface area contributed by atoms with Crippen LogP contribution < -0.4 is 15.4 Å². The summed E-state index contributed by atoms with van der Waals surface area (Å²) in [4.78, 5) is 24.9. The SMILES string of the molecule is COc1cnc(-c2ccccn2)nc1NC(=O)Nc1ccccc1. The molecule has 7 nitrogen and oxygen atoms in total. The number of pyridine rings is 1. The summed E-state index contributed by atoms with van der Waals surface area (Å²) in [6.07, 6.45) is 3.15. The van der Waals surface area contributed by atoms with Crippen LogP contribution in [0.3, 0.4) is 0 Å². The van der Waals surface area contributed by atoms with E-state index in [0.717, 1.165) is 0 Å². The molecule has 120 valence electrons. The van der Waals surface area contributed by atoms with Gasteiger partial charge < -0.3 is 10.1 Å². The van der Waals surface area contributed by atoms with Crippen LogP contribution in [-0.4, -0.2) is 28.1 Å². The Morgan fingerprint density at radius 3 is 2.50 bits per heavy atom. The summed E-state index contributed by atoms with van der Waals surface area (Å²) in [5.74, 6) is 1.02. The Hall–Kier alpha value is -3.48. The van der Waals surface area contributed by atoms with Crippen molar-refractivity contribution >= 4 is 17.5 Å². The topological polar surface area (TPSA) is 89.0 Å². The first-order chi connectivity index (χ1) is 11.8. The smallest absolute Gasteiger partial charge is 0.324 e. The lowest BCUT2D eigenvalue weighted by molar-refractivity contribution is 0.262. The van der Waals surface area contributed by atoms with Gasteiger partial charge in [0.05, 0.1) is 13.3 Å². The maximum absolute atomic E-state index is 12.1. The molecule has 0 aliphatic heterocycles. The molecule has 2 amide bonds. The fourth-order valence-corrected chi connectivity index (χ4v) is 2.02. The number of hydrogen-bond donors (Lipinski definition) is 2. The lowest BCUT2D eigenvalue weighted by atomic mass is 10.3. The van der Waals surface area contributed by atoms with Crippen LogP contribution >= 0.6 is 0 Å². The van der Waals surface area contributed by atoms with Gasteiger partial charge in [-0.25, -0.2) is 14.8 Å². The monoisotopic (exact) mass is 321 g/mol. The standard InChI is InChI=1S/C17H15N5O2/c1-24-14-11-19-15(13-9-5-6-10-18-13)21-16(14)22-17(23)20-12-7-3-2-4-8-12/h2-11H,1H3,(H2,19,20,21,22,23). The molecule has 0 fully saturated rings. The van der Waals surface area contributed by atoms with Crippen molar-refractivity contribution in [3.63, 3.8) is 0 Å². The van der Waals surface area contributed by atoms with Gasteiger partial charge in [0, 0.05) is 11.9 Å². The molecule has 0 unspecified atom stereocenters. The third kappa shape index (κ3) is 3.64. The highest BCUT2D eigenvalue weighted by Gasteiger charge is 2.13. The molecule has 24 heavy (non-hydrogen) atoms.